The van der Waals surface area contributed by atoms with Crippen LogP contribution in [0.2, 0.25) is 0 Å². The van der Waals surface area contributed by atoms with Gasteiger partial charge in [-0.25, -0.2) is 13.2 Å². The minimum Gasteiger partial charge on any atom is -0.444 e. The first-order valence-electron chi connectivity index (χ1n) is 14.8. The maximum atomic E-state index is 13.5. The second-order valence-electron chi connectivity index (χ2n) is 13.0. The molecule has 5 rings (SSSR count). The Bertz CT molecular complexity index is 1660. The molecule has 43 heavy (non-hydrogen) atoms. The van der Waals surface area contributed by atoms with Crippen LogP contribution in [0.25, 0.3) is 0 Å². The zero-order valence-electron chi connectivity index (χ0n) is 25.9. The first kappa shape index (κ1) is 30.6. The van der Waals surface area contributed by atoms with Crippen LogP contribution in [0.3, 0.4) is 0 Å². The summed E-state index contributed by atoms with van der Waals surface area (Å²) in [5, 5.41) is 3.63. The van der Waals surface area contributed by atoms with Gasteiger partial charge in [-0.05, 0) is 93.6 Å². The number of nitrogens with one attached hydrogen (secondary N) is 2. The number of nitrogens with zero attached hydrogens (tertiary/aromatic N) is 1. The van der Waals surface area contributed by atoms with Crippen LogP contribution in [0.4, 0.5) is 16.2 Å². The molecule has 2 N–H and O–H groups in total. The van der Waals surface area contributed by atoms with Crippen molar-refractivity contribution in [2.75, 3.05) is 16.6 Å². The number of rotatable bonds is 6. The molecule has 2 aliphatic heterocycles. The molecule has 0 bridgehead atoms. The molecule has 1 amide bonds. The highest BCUT2D eigenvalue weighted by Crippen LogP contribution is 2.52. The molecule has 0 radical (unpaired) electrons. The summed E-state index contributed by atoms with van der Waals surface area (Å²) in [4.78, 5) is 27.8. The molecule has 1 saturated heterocycles. The predicted octanol–water partition coefficient (Wildman–Crippen LogP) is 7.41. The number of carbonyl (C=O) groups excluding carboxylic acids is 2. The normalized spacial score (nSPS) is 19.8. The minimum absolute atomic E-state index is 0.0441. The van der Waals surface area contributed by atoms with Crippen LogP contribution in [0.5, 0.6) is 0 Å². The summed E-state index contributed by atoms with van der Waals surface area (Å²) in [7, 11) is -3.90. The summed E-state index contributed by atoms with van der Waals surface area (Å²) in [6, 6.07) is 17.6. The lowest BCUT2D eigenvalue weighted by Crippen LogP contribution is -2.40. The average Bonchev–Trinajstić information content (AvgIpc) is 3.39. The summed E-state index contributed by atoms with van der Waals surface area (Å²) < 4.78 is 35.6. The van der Waals surface area contributed by atoms with Gasteiger partial charge >= 0.3 is 6.09 Å². The van der Waals surface area contributed by atoms with E-state index in [9.17, 15) is 18.0 Å². The van der Waals surface area contributed by atoms with Crippen molar-refractivity contribution in [1.82, 2.24) is 4.90 Å². The number of likely N-dealkylation sites (tertiary alicyclic amines) is 1. The fourth-order valence-electron chi connectivity index (χ4n) is 5.99. The molecule has 228 valence electrons. The van der Waals surface area contributed by atoms with Crippen LogP contribution >= 0.6 is 0 Å². The van der Waals surface area contributed by atoms with E-state index in [0.29, 0.717) is 24.2 Å². The van der Waals surface area contributed by atoms with Crippen molar-refractivity contribution in [3.63, 3.8) is 0 Å². The number of benzene rings is 3. The van der Waals surface area contributed by atoms with Gasteiger partial charge in [-0.2, -0.15) is 0 Å². The molecule has 2 aliphatic rings. The first-order valence-corrected chi connectivity index (χ1v) is 16.3. The molecule has 2 heterocycles. The number of hydrogen-bond donors (Lipinski definition) is 2. The molecule has 3 aromatic carbocycles. The van der Waals surface area contributed by atoms with Crippen molar-refractivity contribution in [2.45, 2.75) is 77.5 Å². The lowest BCUT2D eigenvalue weighted by molar-refractivity contribution is 0.0198. The number of ether oxygens (including phenoxy) is 1. The Hall–Kier alpha value is -3.85. The van der Waals surface area contributed by atoms with Gasteiger partial charge in [-0.1, -0.05) is 44.2 Å². The molecular formula is C34H41N3O5S. The van der Waals surface area contributed by atoms with Crippen LogP contribution < -0.4 is 10.0 Å². The Labute approximate surface area is 254 Å². The van der Waals surface area contributed by atoms with Crippen LogP contribution in [-0.4, -0.2) is 37.3 Å². The number of ketones is 1. The third kappa shape index (κ3) is 6.27. The van der Waals surface area contributed by atoms with Crippen molar-refractivity contribution in [3.05, 3.63) is 88.5 Å². The highest BCUT2D eigenvalue weighted by molar-refractivity contribution is 7.92. The smallest absolute Gasteiger partial charge is 0.410 e. The molecule has 1 fully saturated rings. The zero-order valence-corrected chi connectivity index (χ0v) is 26.7. The van der Waals surface area contributed by atoms with Gasteiger partial charge in [0.1, 0.15) is 5.60 Å². The minimum atomic E-state index is -3.90. The third-order valence-electron chi connectivity index (χ3n) is 8.30. The SMILES string of the molecule is Cc1ccc(NS(=O)(=O)c2ccc3c(c2)[C@@H]2[C@@H](CCN2C(=O)OC(C)(C)C)C(c2ccc(C(=O)C(C)C)cc2)N3)cc1C. The molecular weight excluding hydrogens is 562 g/mol. The van der Waals surface area contributed by atoms with Crippen molar-refractivity contribution < 1.29 is 22.7 Å². The second kappa shape index (κ2) is 11.3. The van der Waals surface area contributed by atoms with Gasteiger partial charge in [0.25, 0.3) is 10.0 Å². The molecule has 0 spiro atoms. The van der Waals surface area contributed by atoms with Crippen molar-refractivity contribution in [2.24, 2.45) is 11.8 Å². The van der Waals surface area contributed by atoms with Gasteiger partial charge in [0.2, 0.25) is 0 Å². The van der Waals surface area contributed by atoms with E-state index in [1.54, 1.807) is 29.2 Å². The predicted molar refractivity (Wildman–Crippen MR) is 169 cm³/mol. The van der Waals surface area contributed by atoms with Crippen LogP contribution in [0, 0.1) is 25.7 Å². The monoisotopic (exact) mass is 603 g/mol. The standard InChI is InChI=1S/C34H41N3O5S/c1-20(2)32(38)24-11-9-23(10-12-24)30-27-16-17-37(33(39)42-34(5,6)7)31(27)28-19-26(14-15-29(28)35-30)43(40,41)36-25-13-8-21(3)22(4)18-25/h8-15,18-20,27,30-31,35-36H,16-17H2,1-7H3/t27-,30?,31-/m0/s1. The van der Waals surface area contributed by atoms with E-state index in [0.717, 1.165) is 27.9 Å². The van der Waals surface area contributed by atoms with E-state index in [2.05, 4.69) is 10.0 Å². The highest BCUT2D eigenvalue weighted by atomic mass is 32.2. The summed E-state index contributed by atoms with van der Waals surface area (Å²) in [5.41, 5.74) is 5.04. The molecule has 3 aromatic rings. The first-order chi connectivity index (χ1) is 20.1. The number of Topliss-reactive ketones (excluding diaryl/α,β-unsaturated/α-hetero) is 1. The van der Waals surface area contributed by atoms with Crippen molar-refractivity contribution in [1.29, 1.82) is 0 Å². The average molecular weight is 604 g/mol. The third-order valence-corrected chi connectivity index (χ3v) is 9.68. The Morgan fingerprint density at radius 3 is 2.30 bits per heavy atom. The lowest BCUT2D eigenvalue weighted by Gasteiger charge is -2.40. The number of hydrogen-bond acceptors (Lipinski definition) is 6. The summed E-state index contributed by atoms with van der Waals surface area (Å²) in [6.45, 7) is 13.7. The van der Waals surface area contributed by atoms with E-state index in [-0.39, 0.29) is 28.6 Å². The zero-order chi connectivity index (χ0) is 31.3. The van der Waals surface area contributed by atoms with Crippen molar-refractivity contribution >= 4 is 33.3 Å². The van der Waals surface area contributed by atoms with Gasteiger partial charge in [0, 0.05) is 35.3 Å². The molecule has 3 atom stereocenters. The van der Waals surface area contributed by atoms with Crippen LogP contribution in [-0.2, 0) is 14.8 Å². The largest absolute Gasteiger partial charge is 0.444 e. The van der Waals surface area contributed by atoms with Crippen molar-refractivity contribution in [3.8, 4) is 0 Å². The topological polar surface area (TPSA) is 105 Å². The molecule has 0 aromatic heterocycles. The Morgan fingerprint density at radius 1 is 0.977 bits per heavy atom. The quantitative estimate of drug-likeness (QED) is 0.284. The number of aryl methyl sites for hydroxylation is 2. The Kier molecular flexibility index (Phi) is 8.07. The number of sulfonamides is 1. The van der Waals surface area contributed by atoms with E-state index in [1.807, 2.05) is 84.9 Å². The number of anilines is 2. The second-order valence-corrected chi connectivity index (χ2v) is 14.7. The van der Waals surface area contributed by atoms with E-state index >= 15 is 0 Å². The molecule has 9 heteroatoms. The van der Waals surface area contributed by atoms with Gasteiger partial charge in [-0.15, -0.1) is 0 Å². The van der Waals surface area contributed by atoms with Gasteiger partial charge in [0.15, 0.2) is 5.78 Å². The molecule has 0 saturated carbocycles. The lowest BCUT2D eigenvalue weighted by atomic mass is 9.80. The summed E-state index contributed by atoms with van der Waals surface area (Å²) in [6.07, 6.45) is 0.275. The molecule has 8 nitrogen and oxygen atoms in total. The highest BCUT2D eigenvalue weighted by Gasteiger charge is 2.47. The summed E-state index contributed by atoms with van der Waals surface area (Å²) >= 11 is 0. The van der Waals surface area contributed by atoms with Crippen LogP contribution in [0.15, 0.2) is 65.6 Å². The Balaban J connectivity index is 1.53. The summed E-state index contributed by atoms with van der Waals surface area (Å²) in [5.74, 6) is -0.0500. The molecule has 0 aliphatic carbocycles. The number of fused-ring (bicyclic) bond motifs is 3. The Morgan fingerprint density at radius 2 is 1.67 bits per heavy atom. The van der Waals surface area contributed by atoms with E-state index in [1.165, 1.54) is 0 Å². The van der Waals surface area contributed by atoms with Gasteiger partial charge in [0.05, 0.1) is 17.0 Å². The molecule has 1 unspecified atom stereocenters. The number of carbonyl (C=O) groups is 2. The number of amides is 1. The fraction of sp³-hybridized carbons (Fsp3) is 0.412. The fourth-order valence-corrected chi connectivity index (χ4v) is 7.07. The maximum absolute atomic E-state index is 13.5. The van der Waals surface area contributed by atoms with E-state index < -0.39 is 27.8 Å². The van der Waals surface area contributed by atoms with Crippen LogP contribution in [0.1, 0.15) is 85.7 Å². The maximum Gasteiger partial charge on any atom is 0.410 e. The van der Waals surface area contributed by atoms with Gasteiger partial charge < -0.3 is 15.0 Å². The van der Waals surface area contributed by atoms with E-state index in [4.69, 9.17) is 4.74 Å². The van der Waals surface area contributed by atoms with Gasteiger partial charge in [-0.3, -0.25) is 9.52 Å².